The zero-order valence-corrected chi connectivity index (χ0v) is 20.6. The Balaban J connectivity index is 1.55. The van der Waals surface area contributed by atoms with Gasteiger partial charge in [-0.15, -0.1) is 0 Å². The summed E-state index contributed by atoms with van der Waals surface area (Å²) in [6.07, 6.45) is 2.55. The average Bonchev–Trinajstić information content (AvgIpc) is 2.78. The van der Waals surface area contributed by atoms with Crippen LogP contribution in [0, 0.1) is 0 Å². The van der Waals surface area contributed by atoms with E-state index in [0.717, 1.165) is 30.9 Å². The fourth-order valence-electron chi connectivity index (χ4n) is 3.68. The number of likely N-dealkylation sites (tertiary alicyclic amines) is 1. The lowest BCUT2D eigenvalue weighted by molar-refractivity contribution is 0.0992. The summed E-state index contributed by atoms with van der Waals surface area (Å²) >= 11 is 18.5. The van der Waals surface area contributed by atoms with Crippen LogP contribution in [0.5, 0.6) is 0 Å². The molecule has 0 spiro atoms. The Kier molecular flexibility index (Phi) is 7.51. The van der Waals surface area contributed by atoms with Gasteiger partial charge in [-0.3, -0.25) is 14.6 Å². The van der Waals surface area contributed by atoms with Gasteiger partial charge in [0.05, 0.1) is 10.0 Å². The Morgan fingerprint density at radius 3 is 2.38 bits per heavy atom. The van der Waals surface area contributed by atoms with Crippen LogP contribution in [0.15, 0.2) is 59.7 Å². The second kappa shape index (κ2) is 10.6. The van der Waals surface area contributed by atoms with Gasteiger partial charge in [-0.2, -0.15) is 0 Å². The highest BCUT2D eigenvalue weighted by molar-refractivity contribution is 6.34. The molecule has 6 nitrogen and oxygen atoms in total. The molecule has 1 amide bonds. The first-order valence-corrected chi connectivity index (χ1v) is 11.8. The molecule has 34 heavy (non-hydrogen) atoms. The molecule has 0 atom stereocenters. The molecule has 174 valence electrons. The van der Waals surface area contributed by atoms with Crippen LogP contribution in [0.25, 0.3) is 0 Å². The van der Waals surface area contributed by atoms with Gasteiger partial charge in [0.1, 0.15) is 11.7 Å². The Morgan fingerprint density at radius 1 is 1.00 bits per heavy atom. The number of aliphatic imine (C=N–C) groups is 1. The molecule has 1 N–H and O–H groups in total. The van der Waals surface area contributed by atoms with Crippen LogP contribution >= 0.6 is 34.8 Å². The van der Waals surface area contributed by atoms with E-state index in [4.69, 9.17) is 34.8 Å². The number of aromatic nitrogens is 1. The smallest absolute Gasteiger partial charge is 0.257 e. The second-order valence-electron chi connectivity index (χ2n) is 7.80. The van der Waals surface area contributed by atoms with E-state index in [9.17, 15) is 9.59 Å². The van der Waals surface area contributed by atoms with Crippen molar-refractivity contribution in [3.05, 3.63) is 92.0 Å². The molecule has 2 heterocycles. The van der Waals surface area contributed by atoms with Crippen molar-refractivity contribution in [2.24, 2.45) is 4.99 Å². The average molecular weight is 516 g/mol. The quantitative estimate of drug-likeness (QED) is 0.256. The van der Waals surface area contributed by atoms with E-state index in [2.05, 4.69) is 20.2 Å². The number of nitrogens with one attached hydrogen (secondary N) is 1. The van der Waals surface area contributed by atoms with Crippen LogP contribution in [0.1, 0.15) is 38.3 Å². The number of rotatable bonds is 6. The minimum Gasteiger partial charge on any atom is -0.356 e. The highest BCUT2D eigenvalue weighted by Crippen LogP contribution is 2.25. The van der Waals surface area contributed by atoms with Gasteiger partial charge < -0.3 is 10.2 Å². The maximum Gasteiger partial charge on any atom is 0.257 e. The summed E-state index contributed by atoms with van der Waals surface area (Å²) in [7, 11) is 1.74. The molecule has 1 aliphatic heterocycles. The highest BCUT2D eigenvalue weighted by Gasteiger charge is 2.22. The number of Topliss-reactive ketones (excluding diaryl/α,β-unsaturated/α-hetero) is 1. The van der Waals surface area contributed by atoms with Crippen LogP contribution in [-0.2, 0) is 6.42 Å². The lowest BCUT2D eigenvalue weighted by Crippen LogP contribution is -2.42. The number of amides is 1. The number of carbonyl (C=O) groups is 2. The van der Waals surface area contributed by atoms with Gasteiger partial charge in [0.15, 0.2) is 5.78 Å². The number of pyridine rings is 1. The Bertz CT molecular complexity index is 1270. The van der Waals surface area contributed by atoms with Gasteiger partial charge in [-0.1, -0.05) is 46.9 Å². The van der Waals surface area contributed by atoms with Crippen molar-refractivity contribution in [2.45, 2.75) is 12.8 Å². The highest BCUT2D eigenvalue weighted by atomic mass is 35.5. The zero-order valence-electron chi connectivity index (χ0n) is 18.3. The number of anilines is 1. The number of carbonyl (C=O) groups excluding carboxylic acids is 2. The molecule has 0 aliphatic carbocycles. The van der Waals surface area contributed by atoms with Crippen molar-refractivity contribution < 1.29 is 9.59 Å². The van der Waals surface area contributed by atoms with E-state index in [1.54, 1.807) is 43.4 Å². The molecule has 1 aliphatic rings. The predicted molar refractivity (Wildman–Crippen MR) is 137 cm³/mol. The molecule has 0 bridgehead atoms. The SMILES string of the molecule is CN=C(c1ccc(C(=O)Cc2ccc(Cl)cc2C(=O)Nc2ccc(Cl)cn2)c(Cl)c1)N1CCC1. The molecule has 1 saturated heterocycles. The topological polar surface area (TPSA) is 74.7 Å². The van der Waals surface area contributed by atoms with Crippen molar-refractivity contribution in [1.82, 2.24) is 9.88 Å². The van der Waals surface area contributed by atoms with Crippen molar-refractivity contribution in [2.75, 3.05) is 25.5 Å². The third-order valence-electron chi connectivity index (χ3n) is 5.53. The lowest BCUT2D eigenvalue weighted by atomic mass is 9.97. The first-order valence-electron chi connectivity index (χ1n) is 10.6. The molecule has 0 radical (unpaired) electrons. The first kappa shape index (κ1) is 24.2. The number of amidine groups is 1. The van der Waals surface area contributed by atoms with Crippen LogP contribution in [0.2, 0.25) is 15.1 Å². The normalized spacial score (nSPS) is 13.4. The van der Waals surface area contributed by atoms with E-state index in [0.29, 0.717) is 32.0 Å². The predicted octanol–water partition coefficient (Wildman–Crippen LogP) is 5.80. The van der Waals surface area contributed by atoms with Crippen molar-refractivity contribution in [1.29, 1.82) is 0 Å². The summed E-state index contributed by atoms with van der Waals surface area (Å²) in [6, 6.07) is 13.4. The molecule has 0 saturated carbocycles. The molecule has 2 aromatic carbocycles. The molecule has 1 fully saturated rings. The number of nitrogens with zero attached hydrogens (tertiary/aromatic N) is 3. The Morgan fingerprint density at radius 2 is 1.76 bits per heavy atom. The number of hydrogen-bond donors (Lipinski definition) is 1. The van der Waals surface area contributed by atoms with Crippen LogP contribution in [-0.4, -0.2) is 47.5 Å². The fraction of sp³-hybridized carbons (Fsp3) is 0.200. The number of hydrogen-bond acceptors (Lipinski definition) is 4. The fourth-order valence-corrected chi connectivity index (χ4v) is 4.25. The summed E-state index contributed by atoms with van der Waals surface area (Å²) in [5.74, 6) is 0.553. The summed E-state index contributed by atoms with van der Waals surface area (Å²) in [4.78, 5) is 36.6. The molecule has 1 aromatic heterocycles. The minimum absolute atomic E-state index is 0.0200. The van der Waals surface area contributed by atoms with Gasteiger partial charge in [0, 0.05) is 54.5 Å². The van der Waals surface area contributed by atoms with E-state index >= 15 is 0 Å². The number of ketones is 1. The maximum atomic E-state index is 13.1. The van der Waals surface area contributed by atoms with Crippen molar-refractivity contribution in [3.8, 4) is 0 Å². The number of benzene rings is 2. The van der Waals surface area contributed by atoms with Crippen molar-refractivity contribution in [3.63, 3.8) is 0 Å². The molecule has 3 aromatic rings. The Hall–Kier alpha value is -2.93. The van der Waals surface area contributed by atoms with Gasteiger partial charge in [0.25, 0.3) is 5.91 Å². The molecule has 0 unspecified atom stereocenters. The minimum atomic E-state index is -0.431. The maximum absolute atomic E-state index is 13.1. The summed E-state index contributed by atoms with van der Waals surface area (Å²) in [6.45, 7) is 1.91. The lowest BCUT2D eigenvalue weighted by Gasteiger charge is -2.34. The molecule has 9 heteroatoms. The first-order chi connectivity index (χ1) is 16.4. The largest absolute Gasteiger partial charge is 0.356 e. The Labute approximate surface area is 212 Å². The van der Waals surface area contributed by atoms with E-state index < -0.39 is 5.91 Å². The van der Waals surface area contributed by atoms with Crippen molar-refractivity contribution >= 4 is 58.1 Å². The molecular formula is C25H21Cl3N4O2. The van der Waals surface area contributed by atoms with E-state index in [1.165, 1.54) is 12.3 Å². The second-order valence-corrected chi connectivity index (χ2v) is 9.08. The van der Waals surface area contributed by atoms with Gasteiger partial charge in [0.2, 0.25) is 0 Å². The summed E-state index contributed by atoms with van der Waals surface area (Å²) < 4.78 is 0. The van der Waals surface area contributed by atoms with Gasteiger partial charge in [-0.25, -0.2) is 4.98 Å². The van der Waals surface area contributed by atoms with Crippen LogP contribution in [0.4, 0.5) is 5.82 Å². The van der Waals surface area contributed by atoms with Gasteiger partial charge >= 0.3 is 0 Å². The molecule has 4 rings (SSSR count). The van der Waals surface area contributed by atoms with E-state index in [-0.39, 0.29) is 17.8 Å². The standard InChI is InChI=1S/C25H21Cl3N4O2/c1-29-24(32-9-2-10-32)16-4-7-19(21(28)11-16)22(33)12-15-3-5-17(26)13-20(15)25(34)31-23-8-6-18(27)14-30-23/h3-8,11,13-14H,2,9-10,12H2,1H3,(H,30,31,34). The van der Waals surface area contributed by atoms with E-state index in [1.807, 2.05) is 6.07 Å². The summed E-state index contributed by atoms with van der Waals surface area (Å²) in [5.41, 5.74) is 2.05. The third-order valence-corrected chi connectivity index (χ3v) is 6.30. The third kappa shape index (κ3) is 5.41. The van der Waals surface area contributed by atoms with Gasteiger partial charge in [-0.05, 0) is 48.4 Å². The molecular weight excluding hydrogens is 495 g/mol. The van der Waals surface area contributed by atoms with Crippen LogP contribution in [0.3, 0.4) is 0 Å². The zero-order chi connectivity index (χ0) is 24.2. The van der Waals surface area contributed by atoms with Crippen LogP contribution < -0.4 is 5.32 Å². The summed E-state index contributed by atoms with van der Waals surface area (Å²) in [5, 5.41) is 3.88. The number of halogens is 3. The monoisotopic (exact) mass is 514 g/mol.